The first kappa shape index (κ1) is 40.6. The highest BCUT2D eigenvalue weighted by Gasteiger charge is 2.15. The van der Waals surface area contributed by atoms with Crippen LogP contribution in [0.2, 0.25) is 0 Å². The number of methoxy groups -OCH3 is 1. The van der Waals surface area contributed by atoms with Gasteiger partial charge in [0.05, 0.1) is 45.8 Å². The summed E-state index contributed by atoms with van der Waals surface area (Å²) in [5.74, 6) is 0.687. The number of nitrogens with one attached hydrogen (secondary N) is 3. The molecule has 1 aromatic heterocycles. The van der Waals surface area contributed by atoms with Crippen molar-refractivity contribution >= 4 is 17.3 Å². The van der Waals surface area contributed by atoms with Crippen LogP contribution in [0.1, 0.15) is 68.9 Å². The molecule has 3 rings (SSSR count). The van der Waals surface area contributed by atoms with Gasteiger partial charge in [0.2, 0.25) is 0 Å². The summed E-state index contributed by atoms with van der Waals surface area (Å²) in [7, 11) is 5.42. The van der Waals surface area contributed by atoms with E-state index >= 15 is 0 Å². The largest absolute Gasteiger partial charge is 0.494 e. The number of nitrogens with zero attached hydrogens (tertiary/aromatic N) is 3. The van der Waals surface area contributed by atoms with Gasteiger partial charge < -0.3 is 34.3 Å². The maximum atomic E-state index is 11.0. The second-order valence-electron chi connectivity index (χ2n) is 12.0. The molecule has 2 atom stereocenters. The SMILES string of the molecule is CNC(c1ccncn1)N(C)CCNc1cccc(N[C@H](C)c2ccc(OCCCCCCOCCOCCOCCCC(=O)OC)cc2)c1. The number of unbranched alkanes of at least 4 members (excludes halogenated alkanes) is 3. The van der Waals surface area contributed by atoms with Crippen LogP contribution in [0.25, 0.3) is 0 Å². The van der Waals surface area contributed by atoms with Crippen LogP contribution in [0, 0.1) is 0 Å². The molecular weight excluding hydrogens is 636 g/mol. The molecular formula is C38H58N6O6. The van der Waals surface area contributed by atoms with E-state index in [9.17, 15) is 4.79 Å². The number of hydrogen-bond acceptors (Lipinski definition) is 12. The van der Waals surface area contributed by atoms with Gasteiger partial charge >= 0.3 is 5.97 Å². The lowest BCUT2D eigenvalue weighted by Gasteiger charge is -2.27. The Morgan fingerprint density at radius 1 is 0.840 bits per heavy atom. The molecule has 0 spiro atoms. The summed E-state index contributed by atoms with van der Waals surface area (Å²) in [5.41, 5.74) is 4.29. The molecule has 3 aromatic rings. The number of hydrogen-bond donors (Lipinski definition) is 3. The molecule has 0 radical (unpaired) electrons. The number of esters is 1. The molecule has 0 bridgehead atoms. The number of likely N-dealkylation sites (N-methyl/N-ethyl adjacent to an activating group) is 1. The Morgan fingerprint density at radius 2 is 1.52 bits per heavy atom. The summed E-state index contributed by atoms with van der Waals surface area (Å²) in [4.78, 5) is 21.7. The average Bonchev–Trinajstić information content (AvgIpc) is 3.14. The van der Waals surface area contributed by atoms with Crippen molar-refractivity contribution in [3.63, 3.8) is 0 Å². The number of carbonyl (C=O) groups is 1. The van der Waals surface area contributed by atoms with Crippen molar-refractivity contribution < 1.29 is 28.5 Å². The molecule has 2 aromatic carbocycles. The third-order valence-corrected chi connectivity index (χ3v) is 8.11. The summed E-state index contributed by atoms with van der Waals surface area (Å²) in [6, 6.07) is 18.8. The lowest BCUT2D eigenvalue weighted by Crippen LogP contribution is -2.37. The highest BCUT2D eigenvalue weighted by molar-refractivity contribution is 5.69. The maximum absolute atomic E-state index is 11.0. The van der Waals surface area contributed by atoms with Crippen molar-refractivity contribution in [2.45, 2.75) is 57.7 Å². The molecule has 276 valence electrons. The zero-order chi connectivity index (χ0) is 35.7. The number of rotatable bonds is 28. The highest BCUT2D eigenvalue weighted by atomic mass is 16.5. The fourth-order valence-electron chi connectivity index (χ4n) is 5.28. The third-order valence-electron chi connectivity index (χ3n) is 8.11. The first-order valence-electron chi connectivity index (χ1n) is 17.8. The van der Waals surface area contributed by atoms with Gasteiger partial charge in [0.25, 0.3) is 0 Å². The lowest BCUT2D eigenvalue weighted by molar-refractivity contribution is -0.141. The van der Waals surface area contributed by atoms with E-state index in [0.717, 1.165) is 68.2 Å². The molecule has 0 saturated carbocycles. The van der Waals surface area contributed by atoms with Crippen molar-refractivity contribution in [2.75, 3.05) is 91.2 Å². The number of benzene rings is 2. The quantitative estimate of drug-likeness (QED) is 0.0479. The second-order valence-corrected chi connectivity index (χ2v) is 12.0. The van der Waals surface area contributed by atoms with Crippen LogP contribution in [0.5, 0.6) is 5.75 Å². The molecule has 3 N–H and O–H groups in total. The molecule has 50 heavy (non-hydrogen) atoms. The molecule has 1 heterocycles. The minimum atomic E-state index is -0.209. The Labute approximate surface area is 298 Å². The van der Waals surface area contributed by atoms with Crippen molar-refractivity contribution in [1.29, 1.82) is 0 Å². The number of anilines is 2. The molecule has 0 aliphatic carbocycles. The Morgan fingerprint density at radius 3 is 2.20 bits per heavy atom. The van der Waals surface area contributed by atoms with E-state index in [1.54, 1.807) is 12.5 Å². The Hall–Kier alpha value is -3.81. The molecule has 0 aliphatic rings. The number of ether oxygens (including phenoxy) is 5. The maximum Gasteiger partial charge on any atom is 0.305 e. The van der Waals surface area contributed by atoms with Gasteiger partial charge in [0.15, 0.2) is 0 Å². The van der Waals surface area contributed by atoms with E-state index in [-0.39, 0.29) is 18.2 Å². The molecule has 12 nitrogen and oxygen atoms in total. The number of carbonyl (C=O) groups excluding carboxylic acids is 1. The molecule has 0 aliphatic heterocycles. The summed E-state index contributed by atoms with van der Waals surface area (Å²) in [6.45, 7) is 7.97. The van der Waals surface area contributed by atoms with Gasteiger partial charge in [-0.1, -0.05) is 24.6 Å². The monoisotopic (exact) mass is 694 g/mol. The summed E-state index contributed by atoms with van der Waals surface area (Å²) < 4.78 is 27.2. The molecule has 1 unspecified atom stereocenters. The van der Waals surface area contributed by atoms with Crippen LogP contribution < -0.4 is 20.7 Å². The summed E-state index contributed by atoms with van der Waals surface area (Å²) >= 11 is 0. The van der Waals surface area contributed by atoms with Crippen LogP contribution in [0.3, 0.4) is 0 Å². The van der Waals surface area contributed by atoms with Crippen LogP contribution in [-0.4, -0.2) is 101 Å². The predicted octanol–water partition coefficient (Wildman–Crippen LogP) is 5.85. The Kier molecular flexibility index (Phi) is 20.5. The van der Waals surface area contributed by atoms with Crippen LogP contribution >= 0.6 is 0 Å². The van der Waals surface area contributed by atoms with Gasteiger partial charge in [-0.2, -0.15) is 0 Å². The van der Waals surface area contributed by atoms with Crippen molar-refractivity contribution in [3.8, 4) is 5.75 Å². The van der Waals surface area contributed by atoms with Gasteiger partial charge in [0.1, 0.15) is 18.2 Å². The summed E-state index contributed by atoms with van der Waals surface area (Å²) in [6.07, 6.45) is 8.68. The molecule has 0 amide bonds. The smallest absolute Gasteiger partial charge is 0.305 e. The van der Waals surface area contributed by atoms with Gasteiger partial charge in [-0.05, 0) is 88.7 Å². The Bertz CT molecular complexity index is 1300. The van der Waals surface area contributed by atoms with Crippen LogP contribution in [0.4, 0.5) is 11.4 Å². The van der Waals surface area contributed by atoms with Crippen LogP contribution in [0.15, 0.2) is 67.1 Å². The van der Waals surface area contributed by atoms with Gasteiger partial charge in [-0.25, -0.2) is 9.97 Å². The second kappa shape index (κ2) is 25.2. The van der Waals surface area contributed by atoms with E-state index in [2.05, 4.69) is 98.1 Å². The lowest BCUT2D eigenvalue weighted by atomic mass is 10.1. The first-order valence-corrected chi connectivity index (χ1v) is 17.8. The minimum Gasteiger partial charge on any atom is -0.494 e. The summed E-state index contributed by atoms with van der Waals surface area (Å²) in [5, 5.41) is 10.5. The van der Waals surface area contributed by atoms with Gasteiger partial charge in [-0.15, -0.1) is 0 Å². The molecule has 0 saturated heterocycles. The standard InChI is InChI=1S/C38H58N6O6/c1-31(43-34-12-9-11-33(29-34)41-20-21-44(3)38(39-2)36-18-19-40-30-42-36)32-14-16-35(17-15-32)50-24-8-6-5-7-22-47-25-27-49-28-26-48-23-10-13-37(45)46-4/h9,11-12,14-19,29-31,38-39,41,43H,5-8,10,13,20-28H2,1-4H3/t31-,38?/m1/s1. The molecule has 0 fully saturated rings. The zero-order valence-corrected chi connectivity index (χ0v) is 30.4. The van der Waals surface area contributed by atoms with Crippen molar-refractivity contribution in [3.05, 3.63) is 78.4 Å². The average molecular weight is 695 g/mol. The van der Waals surface area contributed by atoms with Gasteiger partial charge in [-0.3, -0.25) is 15.0 Å². The highest BCUT2D eigenvalue weighted by Crippen LogP contribution is 2.24. The fourth-order valence-corrected chi connectivity index (χ4v) is 5.28. The third kappa shape index (κ3) is 16.7. The zero-order valence-electron chi connectivity index (χ0n) is 30.4. The van der Waals surface area contributed by atoms with Gasteiger partial charge in [0, 0.05) is 56.3 Å². The van der Waals surface area contributed by atoms with E-state index in [1.807, 2.05) is 13.1 Å². The van der Waals surface area contributed by atoms with E-state index < -0.39 is 0 Å². The van der Waals surface area contributed by atoms with Crippen molar-refractivity contribution in [2.24, 2.45) is 0 Å². The normalized spacial score (nSPS) is 12.4. The molecule has 12 heteroatoms. The van der Waals surface area contributed by atoms with E-state index in [0.29, 0.717) is 52.5 Å². The predicted molar refractivity (Wildman–Crippen MR) is 198 cm³/mol. The fraction of sp³-hybridized carbons (Fsp3) is 0.553. The minimum absolute atomic E-state index is 0.0237. The first-order chi connectivity index (χ1) is 24.5. The number of aromatic nitrogens is 2. The van der Waals surface area contributed by atoms with Crippen LogP contribution in [-0.2, 0) is 23.7 Å². The van der Waals surface area contributed by atoms with E-state index in [4.69, 9.17) is 18.9 Å². The topological polar surface area (TPSA) is 128 Å². The van der Waals surface area contributed by atoms with Crippen molar-refractivity contribution in [1.82, 2.24) is 20.2 Å². The Balaban J connectivity index is 1.20. The van der Waals surface area contributed by atoms with E-state index in [1.165, 1.54) is 12.7 Å².